The van der Waals surface area contributed by atoms with E-state index in [1.165, 1.54) is 44.1 Å². The minimum atomic E-state index is -0.768. The highest BCUT2D eigenvalue weighted by molar-refractivity contribution is 5.66. The highest BCUT2D eigenvalue weighted by Gasteiger charge is 2.58. The Kier molecular flexibility index (Phi) is 4.05. The summed E-state index contributed by atoms with van der Waals surface area (Å²) in [5.74, 6) is 2.40. The van der Waals surface area contributed by atoms with Crippen LogP contribution in [0.25, 0.3) is 0 Å². The van der Waals surface area contributed by atoms with E-state index in [1.807, 2.05) is 18.2 Å². The number of likely N-dealkylation sites (tertiary alicyclic amines) is 1. The van der Waals surface area contributed by atoms with Crippen molar-refractivity contribution in [3.05, 3.63) is 35.9 Å². The molecule has 4 nitrogen and oxygen atoms in total. The van der Waals surface area contributed by atoms with Crippen LogP contribution in [0.2, 0.25) is 0 Å². The molecule has 0 radical (unpaired) electrons. The lowest BCUT2D eigenvalue weighted by Crippen LogP contribution is -2.62. The fourth-order valence-electron chi connectivity index (χ4n) is 7.72. The number of carbonyl (C=O) groups is 1. The largest absolute Gasteiger partial charge is 0.465 e. The van der Waals surface area contributed by atoms with E-state index < -0.39 is 6.09 Å². The van der Waals surface area contributed by atoms with Crippen molar-refractivity contribution in [3.63, 3.8) is 0 Å². The molecule has 2 unspecified atom stereocenters. The van der Waals surface area contributed by atoms with E-state index in [9.17, 15) is 15.0 Å². The van der Waals surface area contributed by atoms with Gasteiger partial charge in [0.05, 0.1) is 6.61 Å². The maximum absolute atomic E-state index is 12.2. The first-order chi connectivity index (χ1) is 13.0. The van der Waals surface area contributed by atoms with Crippen LogP contribution in [-0.4, -0.2) is 40.4 Å². The molecule has 4 aliphatic carbocycles. The molecule has 4 saturated carbocycles. The van der Waals surface area contributed by atoms with Gasteiger partial charge in [0.25, 0.3) is 0 Å². The second-order valence-electron chi connectivity index (χ2n) is 10.0. The summed E-state index contributed by atoms with van der Waals surface area (Å²) < 4.78 is 0. The number of rotatable bonds is 3. The van der Waals surface area contributed by atoms with Gasteiger partial charge in [0.15, 0.2) is 0 Å². The molecule has 1 aromatic rings. The third-order valence-corrected chi connectivity index (χ3v) is 8.52. The van der Waals surface area contributed by atoms with E-state index in [0.717, 1.165) is 24.2 Å². The second kappa shape index (κ2) is 6.23. The van der Waals surface area contributed by atoms with Crippen molar-refractivity contribution in [2.45, 2.75) is 62.8 Å². The van der Waals surface area contributed by atoms with Crippen molar-refractivity contribution in [1.29, 1.82) is 0 Å². The highest BCUT2D eigenvalue weighted by atomic mass is 16.4. The van der Waals surface area contributed by atoms with Crippen LogP contribution >= 0.6 is 0 Å². The van der Waals surface area contributed by atoms with Gasteiger partial charge < -0.3 is 15.1 Å². The van der Waals surface area contributed by atoms with Crippen molar-refractivity contribution in [1.82, 2.24) is 4.90 Å². The SMILES string of the molecule is O=C(O)N1CCC(CO)(c2ccccc2)CC1C12CC3CC(CC(C3)C1)C2. The molecule has 27 heavy (non-hydrogen) atoms. The van der Waals surface area contributed by atoms with Crippen molar-refractivity contribution in [2.24, 2.45) is 23.2 Å². The van der Waals surface area contributed by atoms with Gasteiger partial charge in [0.1, 0.15) is 0 Å². The number of carboxylic acid groups (broad SMARTS) is 1. The molecule has 0 aromatic heterocycles. The molecule has 4 bridgehead atoms. The molecule has 4 heteroatoms. The zero-order chi connectivity index (χ0) is 18.6. The molecule has 5 fully saturated rings. The number of piperidine rings is 1. The monoisotopic (exact) mass is 369 g/mol. The van der Waals surface area contributed by atoms with Crippen LogP contribution in [0, 0.1) is 23.2 Å². The maximum Gasteiger partial charge on any atom is 0.407 e. The van der Waals surface area contributed by atoms with E-state index in [2.05, 4.69) is 12.1 Å². The van der Waals surface area contributed by atoms with Gasteiger partial charge in [0.2, 0.25) is 0 Å². The third-order valence-electron chi connectivity index (χ3n) is 8.52. The smallest absolute Gasteiger partial charge is 0.407 e. The fourth-order valence-corrected chi connectivity index (χ4v) is 7.72. The zero-order valence-electron chi connectivity index (χ0n) is 16.0. The maximum atomic E-state index is 12.2. The summed E-state index contributed by atoms with van der Waals surface area (Å²) >= 11 is 0. The summed E-state index contributed by atoms with van der Waals surface area (Å²) in [6.45, 7) is 0.643. The molecule has 1 heterocycles. The fraction of sp³-hybridized carbons (Fsp3) is 0.696. The Morgan fingerprint density at radius 1 is 1.00 bits per heavy atom. The van der Waals surface area contributed by atoms with E-state index >= 15 is 0 Å². The molecular formula is C23H31NO3. The number of aliphatic hydroxyl groups is 1. The first-order valence-corrected chi connectivity index (χ1v) is 10.7. The molecule has 1 saturated heterocycles. The van der Waals surface area contributed by atoms with Crippen molar-refractivity contribution >= 4 is 6.09 Å². The number of amides is 1. The first kappa shape index (κ1) is 17.5. The standard InChI is InChI=1S/C23H31NO3/c25-15-22(19-4-2-1-3-5-19)6-7-24(21(26)27)20(14-22)23-11-16-8-17(12-23)10-18(9-16)13-23/h1-5,16-18,20,25H,6-15H2,(H,26,27). The van der Waals surface area contributed by atoms with Crippen molar-refractivity contribution in [3.8, 4) is 0 Å². The van der Waals surface area contributed by atoms with E-state index in [1.54, 1.807) is 4.90 Å². The van der Waals surface area contributed by atoms with Crippen LogP contribution in [0.4, 0.5) is 4.79 Å². The molecule has 2 N–H and O–H groups in total. The Bertz CT molecular complexity index is 682. The summed E-state index contributed by atoms with van der Waals surface area (Å²) in [6, 6.07) is 10.4. The van der Waals surface area contributed by atoms with Crippen LogP contribution in [0.1, 0.15) is 56.9 Å². The summed E-state index contributed by atoms with van der Waals surface area (Å²) in [5, 5.41) is 20.4. The lowest BCUT2D eigenvalue weighted by molar-refractivity contribution is -0.114. The van der Waals surface area contributed by atoms with Gasteiger partial charge in [0, 0.05) is 18.0 Å². The Balaban J connectivity index is 1.53. The number of hydrogen-bond donors (Lipinski definition) is 2. The Hall–Kier alpha value is -1.55. The van der Waals surface area contributed by atoms with E-state index in [-0.39, 0.29) is 23.5 Å². The Labute approximate surface area is 161 Å². The van der Waals surface area contributed by atoms with E-state index in [4.69, 9.17) is 0 Å². The Morgan fingerprint density at radius 2 is 1.59 bits per heavy atom. The molecule has 1 aromatic carbocycles. The van der Waals surface area contributed by atoms with Crippen LogP contribution in [0.5, 0.6) is 0 Å². The van der Waals surface area contributed by atoms with Crippen LogP contribution in [-0.2, 0) is 5.41 Å². The minimum Gasteiger partial charge on any atom is -0.465 e. The molecule has 6 rings (SSSR count). The summed E-state index contributed by atoms with van der Waals surface area (Å²) in [7, 11) is 0. The number of nitrogens with zero attached hydrogens (tertiary/aromatic N) is 1. The second-order valence-corrected chi connectivity index (χ2v) is 10.0. The summed E-state index contributed by atoms with van der Waals surface area (Å²) in [4.78, 5) is 13.9. The van der Waals surface area contributed by atoms with Gasteiger partial charge in [-0.15, -0.1) is 0 Å². The summed E-state index contributed by atoms with van der Waals surface area (Å²) in [5.41, 5.74) is 1.01. The quantitative estimate of drug-likeness (QED) is 0.836. The molecule has 1 amide bonds. The number of aliphatic hydroxyl groups excluding tert-OH is 1. The van der Waals surface area contributed by atoms with Crippen molar-refractivity contribution < 1.29 is 15.0 Å². The molecule has 146 valence electrons. The molecular weight excluding hydrogens is 338 g/mol. The average Bonchev–Trinajstić information content (AvgIpc) is 2.67. The third kappa shape index (κ3) is 2.71. The zero-order valence-corrected chi connectivity index (χ0v) is 16.0. The highest BCUT2D eigenvalue weighted by Crippen LogP contribution is 2.63. The first-order valence-electron chi connectivity index (χ1n) is 10.7. The lowest BCUT2D eigenvalue weighted by atomic mass is 9.46. The number of hydrogen-bond acceptors (Lipinski definition) is 2. The van der Waals surface area contributed by atoms with Gasteiger partial charge in [-0.1, -0.05) is 30.3 Å². The van der Waals surface area contributed by atoms with Crippen LogP contribution < -0.4 is 0 Å². The van der Waals surface area contributed by atoms with Gasteiger partial charge in [-0.25, -0.2) is 4.79 Å². The van der Waals surface area contributed by atoms with Gasteiger partial charge in [-0.05, 0) is 80.1 Å². The van der Waals surface area contributed by atoms with Crippen LogP contribution in [0.15, 0.2) is 30.3 Å². The van der Waals surface area contributed by atoms with E-state index in [0.29, 0.717) is 13.0 Å². The topological polar surface area (TPSA) is 60.8 Å². The average molecular weight is 370 g/mol. The molecule has 5 aliphatic rings. The Morgan fingerprint density at radius 3 is 2.11 bits per heavy atom. The number of benzene rings is 1. The molecule has 2 atom stereocenters. The van der Waals surface area contributed by atoms with Crippen LogP contribution in [0.3, 0.4) is 0 Å². The van der Waals surface area contributed by atoms with Gasteiger partial charge in [-0.2, -0.15) is 0 Å². The van der Waals surface area contributed by atoms with Crippen molar-refractivity contribution in [2.75, 3.05) is 13.2 Å². The predicted molar refractivity (Wildman–Crippen MR) is 104 cm³/mol. The normalized spacial score (nSPS) is 43.1. The van der Waals surface area contributed by atoms with Gasteiger partial charge >= 0.3 is 6.09 Å². The molecule has 0 spiro atoms. The van der Waals surface area contributed by atoms with Gasteiger partial charge in [-0.3, -0.25) is 0 Å². The lowest BCUT2D eigenvalue weighted by Gasteiger charge is -2.63. The molecule has 1 aliphatic heterocycles. The summed E-state index contributed by atoms with van der Waals surface area (Å²) in [6.07, 6.45) is 8.40. The predicted octanol–water partition coefficient (Wildman–Crippen LogP) is 4.28. The minimum absolute atomic E-state index is 0.0458.